The van der Waals surface area contributed by atoms with Crippen LogP contribution in [0.2, 0.25) is 0 Å². The fourth-order valence-electron chi connectivity index (χ4n) is 2.12. The lowest BCUT2D eigenvalue weighted by molar-refractivity contribution is 0.0363. The van der Waals surface area contributed by atoms with Crippen molar-refractivity contribution < 1.29 is 23.9 Å². The van der Waals surface area contributed by atoms with Crippen molar-refractivity contribution in [1.29, 1.82) is 0 Å². The van der Waals surface area contributed by atoms with Crippen LogP contribution in [0.5, 0.6) is 5.75 Å². The van der Waals surface area contributed by atoms with Crippen LogP contribution in [0.4, 0.5) is 14.9 Å². The van der Waals surface area contributed by atoms with Crippen LogP contribution in [-0.2, 0) is 4.74 Å². The Morgan fingerprint density at radius 3 is 2.64 bits per heavy atom. The molecule has 1 aromatic rings. The van der Waals surface area contributed by atoms with Gasteiger partial charge in [-0.15, -0.1) is 0 Å². The SMILES string of the molecule is CC(C)(C)OC(=O)NC1CC(Oc2cc(F)ccc2NO)C1. The molecule has 0 aliphatic heterocycles. The Bertz CT molecular complexity index is 539. The van der Waals surface area contributed by atoms with Crippen LogP contribution >= 0.6 is 0 Å². The summed E-state index contributed by atoms with van der Waals surface area (Å²) in [5.41, 5.74) is 1.73. The van der Waals surface area contributed by atoms with E-state index in [-0.39, 0.29) is 17.9 Å². The highest BCUT2D eigenvalue weighted by Gasteiger charge is 2.33. The zero-order valence-corrected chi connectivity index (χ0v) is 12.9. The molecule has 0 unspecified atom stereocenters. The molecule has 2 rings (SSSR count). The van der Waals surface area contributed by atoms with E-state index in [9.17, 15) is 9.18 Å². The lowest BCUT2D eigenvalue weighted by atomic mass is 9.89. The summed E-state index contributed by atoms with van der Waals surface area (Å²) >= 11 is 0. The average Bonchev–Trinajstić information content (AvgIpc) is 2.34. The van der Waals surface area contributed by atoms with Gasteiger partial charge in [0.05, 0.1) is 0 Å². The van der Waals surface area contributed by atoms with Crippen molar-refractivity contribution in [3.05, 3.63) is 24.0 Å². The number of nitrogens with one attached hydrogen (secondary N) is 2. The topological polar surface area (TPSA) is 79.8 Å². The number of rotatable bonds is 4. The van der Waals surface area contributed by atoms with Crippen LogP contribution in [-0.4, -0.2) is 29.0 Å². The Kier molecular flexibility index (Phi) is 4.75. The molecular weight excluding hydrogens is 291 g/mol. The van der Waals surface area contributed by atoms with Gasteiger partial charge in [-0.1, -0.05) is 0 Å². The van der Waals surface area contributed by atoms with E-state index in [1.54, 1.807) is 20.8 Å². The molecule has 1 aromatic carbocycles. The van der Waals surface area contributed by atoms with Gasteiger partial charge < -0.3 is 14.8 Å². The van der Waals surface area contributed by atoms with Crippen molar-refractivity contribution in [3.8, 4) is 5.75 Å². The molecule has 0 heterocycles. The third-order valence-corrected chi connectivity index (χ3v) is 3.17. The van der Waals surface area contributed by atoms with Gasteiger partial charge in [0, 0.05) is 24.9 Å². The van der Waals surface area contributed by atoms with Crippen LogP contribution in [0.25, 0.3) is 0 Å². The maximum absolute atomic E-state index is 13.2. The highest BCUT2D eigenvalue weighted by atomic mass is 19.1. The molecule has 0 atom stereocenters. The molecule has 0 bridgehead atoms. The Labute approximate surface area is 128 Å². The number of alkyl carbamates (subject to hydrolysis) is 1. The molecule has 22 heavy (non-hydrogen) atoms. The van der Waals surface area contributed by atoms with E-state index in [0.29, 0.717) is 18.5 Å². The smallest absolute Gasteiger partial charge is 0.407 e. The normalized spacial score (nSPS) is 20.8. The van der Waals surface area contributed by atoms with Crippen LogP contribution in [0.1, 0.15) is 33.6 Å². The van der Waals surface area contributed by atoms with Gasteiger partial charge in [-0.3, -0.25) is 10.7 Å². The first kappa shape index (κ1) is 16.4. The molecule has 0 spiro atoms. The van der Waals surface area contributed by atoms with E-state index in [1.165, 1.54) is 18.2 Å². The molecule has 122 valence electrons. The third kappa shape index (κ3) is 4.49. The standard InChI is InChI=1S/C15H21FN2O4/c1-15(2,3)22-14(19)17-10-7-11(8-10)21-13-6-9(16)4-5-12(13)18-20/h4-6,10-11,18,20H,7-8H2,1-3H3,(H,17,19). The lowest BCUT2D eigenvalue weighted by Crippen LogP contribution is -2.50. The van der Waals surface area contributed by atoms with E-state index in [1.807, 2.05) is 5.48 Å². The van der Waals surface area contributed by atoms with E-state index < -0.39 is 17.5 Å². The summed E-state index contributed by atoms with van der Waals surface area (Å²) in [5, 5.41) is 11.7. The summed E-state index contributed by atoms with van der Waals surface area (Å²) in [6.07, 6.45) is 0.592. The zero-order chi connectivity index (χ0) is 16.3. The predicted octanol–water partition coefficient (Wildman–Crippen LogP) is 3.06. The first-order chi connectivity index (χ1) is 10.3. The first-order valence-corrected chi connectivity index (χ1v) is 7.12. The summed E-state index contributed by atoms with van der Waals surface area (Å²) in [4.78, 5) is 11.6. The second-order valence-corrected chi connectivity index (χ2v) is 6.31. The van der Waals surface area contributed by atoms with Crippen LogP contribution in [0, 0.1) is 5.82 Å². The van der Waals surface area contributed by atoms with Gasteiger partial charge in [-0.25, -0.2) is 9.18 Å². The zero-order valence-electron chi connectivity index (χ0n) is 12.9. The maximum Gasteiger partial charge on any atom is 0.407 e. The van der Waals surface area contributed by atoms with Crippen molar-refractivity contribution in [3.63, 3.8) is 0 Å². The number of amides is 1. The highest BCUT2D eigenvalue weighted by molar-refractivity contribution is 5.68. The van der Waals surface area contributed by atoms with E-state index in [4.69, 9.17) is 14.7 Å². The summed E-state index contributed by atoms with van der Waals surface area (Å²) < 4.78 is 24.0. The quantitative estimate of drug-likeness (QED) is 0.745. The number of hydrogen-bond donors (Lipinski definition) is 3. The molecule has 1 aliphatic carbocycles. The number of benzene rings is 1. The van der Waals surface area contributed by atoms with Gasteiger partial charge in [-0.05, 0) is 32.9 Å². The van der Waals surface area contributed by atoms with Gasteiger partial charge >= 0.3 is 6.09 Å². The molecule has 7 heteroatoms. The minimum atomic E-state index is -0.535. The number of carbonyl (C=O) groups excluding carboxylic acids is 1. The molecule has 3 N–H and O–H groups in total. The summed E-state index contributed by atoms with van der Waals surface area (Å²) in [6, 6.07) is 3.78. The highest BCUT2D eigenvalue weighted by Crippen LogP contribution is 2.31. The number of ether oxygens (including phenoxy) is 2. The van der Waals surface area contributed by atoms with Crippen molar-refractivity contribution in [1.82, 2.24) is 5.32 Å². The largest absolute Gasteiger partial charge is 0.488 e. The monoisotopic (exact) mass is 312 g/mol. The van der Waals surface area contributed by atoms with Crippen molar-refractivity contribution in [2.45, 2.75) is 51.4 Å². The minimum absolute atomic E-state index is 0.0288. The summed E-state index contributed by atoms with van der Waals surface area (Å²) in [6.45, 7) is 5.39. The number of carbonyl (C=O) groups is 1. The molecule has 1 fully saturated rings. The van der Waals surface area contributed by atoms with E-state index in [0.717, 1.165) is 0 Å². The lowest BCUT2D eigenvalue weighted by Gasteiger charge is -2.36. The maximum atomic E-state index is 13.2. The second-order valence-electron chi connectivity index (χ2n) is 6.31. The summed E-state index contributed by atoms with van der Waals surface area (Å²) in [7, 11) is 0. The molecule has 1 saturated carbocycles. The Morgan fingerprint density at radius 2 is 2.05 bits per heavy atom. The number of halogens is 1. The van der Waals surface area contributed by atoms with Crippen molar-refractivity contribution in [2.75, 3.05) is 5.48 Å². The average molecular weight is 312 g/mol. The van der Waals surface area contributed by atoms with Crippen LogP contribution in [0.3, 0.4) is 0 Å². The van der Waals surface area contributed by atoms with Gasteiger partial charge in [0.25, 0.3) is 0 Å². The van der Waals surface area contributed by atoms with Crippen LogP contribution < -0.4 is 15.5 Å². The van der Waals surface area contributed by atoms with Gasteiger partial charge in [0.15, 0.2) is 0 Å². The van der Waals surface area contributed by atoms with Crippen molar-refractivity contribution in [2.24, 2.45) is 0 Å². The molecule has 6 nitrogen and oxygen atoms in total. The van der Waals surface area contributed by atoms with Gasteiger partial charge in [-0.2, -0.15) is 0 Å². The number of hydrogen-bond acceptors (Lipinski definition) is 5. The first-order valence-electron chi connectivity index (χ1n) is 7.12. The number of anilines is 1. The Balaban J connectivity index is 1.80. The van der Waals surface area contributed by atoms with Crippen LogP contribution in [0.15, 0.2) is 18.2 Å². The van der Waals surface area contributed by atoms with E-state index >= 15 is 0 Å². The molecule has 1 amide bonds. The van der Waals surface area contributed by atoms with Gasteiger partial charge in [0.2, 0.25) is 0 Å². The molecule has 0 radical (unpaired) electrons. The Hall–Kier alpha value is -2.02. The van der Waals surface area contributed by atoms with Crippen molar-refractivity contribution >= 4 is 11.8 Å². The second kappa shape index (κ2) is 6.39. The fourth-order valence-corrected chi connectivity index (χ4v) is 2.12. The molecule has 0 saturated heterocycles. The molecule has 1 aliphatic rings. The van der Waals surface area contributed by atoms with Gasteiger partial charge in [0.1, 0.15) is 29.0 Å². The molecule has 0 aromatic heterocycles. The van der Waals surface area contributed by atoms with E-state index in [2.05, 4.69) is 5.32 Å². The summed E-state index contributed by atoms with van der Waals surface area (Å²) in [5.74, 6) is -0.208. The Morgan fingerprint density at radius 1 is 1.36 bits per heavy atom. The fraction of sp³-hybridized carbons (Fsp3) is 0.533. The predicted molar refractivity (Wildman–Crippen MR) is 78.6 cm³/mol. The third-order valence-electron chi connectivity index (χ3n) is 3.17. The molecular formula is C15H21FN2O4. The minimum Gasteiger partial charge on any atom is -0.488 e.